The van der Waals surface area contributed by atoms with E-state index >= 15 is 0 Å². The summed E-state index contributed by atoms with van der Waals surface area (Å²) in [5.74, 6) is -0.137. The van der Waals surface area contributed by atoms with E-state index in [1.165, 1.54) is 0 Å². The molecule has 1 N–H and O–H groups in total. The first kappa shape index (κ1) is 11.3. The lowest BCUT2D eigenvalue weighted by Gasteiger charge is -2.12. The summed E-state index contributed by atoms with van der Waals surface area (Å²) in [4.78, 5) is 10.4. The van der Waals surface area contributed by atoms with Crippen LogP contribution >= 0.6 is 22.6 Å². The highest BCUT2D eigenvalue weighted by Gasteiger charge is 2.08. The predicted octanol–water partition coefficient (Wildman–Crippen LogP) is 2.53. The fourth-order valence-electron chi connectivity index (χ4n) is 1.03. The highest BCUT2D eigenvalue weighted by molar-refractivity contribution is 14.1. The summed E-state index contributed by atoms with van der Waals surface area (Å²) < 4.78 is 6.52. The third-order valence-corrected chi connectivity index (χ3v) is 2.33. The van der Waals surface area contributed by atoms with E-state index in [0.29, 0.717) is 5.75 Å². The monoisotopic (exact) mass is 306 g/mol. The molecule has 0 radical (unpaired) electrons. The van der Waals surface area contributed by atoms with Gasteiger partial charge in [-0.2, -0.15) is 0 Å². The molecule has 14 heavy (non-hydrogen) atoms. The van der Waals surface area contributed by atoms with Gasteiger partial charge in [0.15, 0.2) is 0 Å². The molecule has 76 valence electrons. The molecule has 1 rings (SSSR count). The van der Waals surface area contributed by atoms with Crippen LogP contribution in [0.3, 0.4) is 0 Å². The van der Waals surface area contributed by atoms with Crippen molar-refractivity contribution >= 4 is 28.6 Å². The zero-order valence-electron chi connectivity index (χ0n) is 7.74. The summed E-state index contributed by atoms with van der Waals surface area (Å²) in [6.45, 7) is 1.74. The van der Waals surface area contributed by atoms with Gasteiger partial charge in [0.25, 0.3) is 0 Å². The number of carbonyl (C=O) groups is 1. The van der Waals surface area contributed by atoms with Crippen LogP contribution in [0.4, 0.5) is 0 Å². The van der Waals surface area contributed by atoms with Crippen molar-refractivity contribution in [3.63, 3.8) is 0 Å². The van der Waals surface area contributed by atoms with Crippen LogP contribution in [-0.4, -0.2) is 17.2 Å². The second-order valence-electron chi connectivity index (χ2n) is 2.98. The van der Waals surface area contributed by atoms with Crippen molar-refractivity contribution < 1.29 is 14.6 Å². The van der Waals surface area contributed by atoms with E-state index in [1.807, 2.05) is 24.3 Å². The van der Waals surface area contributed by atoms with Gasteiger partial charge in [-0.05, 0) is 53.8 Å². The molecule has 3 nitrogen and oxygen atoms in total. The number of carboxylic acid groups (broad SMARTS) is 1. The number of benzene rings is 1. The average Bonchev–Trinajstić information content (AvgIpc) is 2.07. The number of ether oxygens (including phenoxy) is 1. The van der Waals surface area contributed by atoms with Gasteiger partial charge in [-0.3, -0.25) is 4.79 Å². The van der Waals surface area contributed by atoms with Crippen molar-refractivity contribution in [1.29, 1.82) is 0 Å². The van der Waals surface area contributed by atoms with Crippen LogP contribution in [0.25, 0.3) is 0 Å². The Bertz CT molecular complexity index is 308. The Morgan fingerprint density at radius 1 is 1.50 bits per heavy atom. The van der Waals surface area contributed by atoms with Crippen LogP contribution in [0.2, 0.25) is 0 Å². The molecule has 0 aliphatic heterocycles. The average molecular weight is 306 g/mol. The first-order valence-electron chi connectivity index (χ1n) is 4.22. The van der Waals surface area contributed by atoms with Crippen molar-refractivity contribution in [3.8, 4) is 5.75 Å². The van der Waals surface area contributed by atoms with Crippen LogP contribution in [0, 0.1) is 3.57 Å². The summed E-state index contributed by atoms with van der Waals surface area (Å²) >= 11 is 2.20. The minimum Gasteiger partial charge on any atom is -0.490 e. The van der Waals surface area contributed by atoms with E-state index in [1.54, 1.807) is 6.92 Å². The van der Waals surface area contributed by atoms with Gasteiger partial charge in [0.2, 0.25) is 0 Å². The molecule has 0 aromatic heterocycles. The molecule has 1 aromatic rings. The Hall–Kier alpha value is -0.780. The lowest BCUT2D eigenvalue weighted by molar-refractivity contribution is -0.138. The molecule has 0 amide bonds. The maximum Gasteiger partial charge on any atom is 0.307 e. The number of hydrogen-bond donors (Lipinski definition) is 1. The van der Waals surface area contributed by atoms with Gasteiger partial charge in [-0.25, -0.2) is 0 Å². The van der Waals surface area contributed by atoms with Gasteiger partial charge in [-0.15, -0.1) is 0 Å². The SMILES string of the molecule is CC(CC(=O)O)Oc1ccc(I)cc1. The van der Waals surface area contributed by atoms with Crippen LogP contribution in [0.5, 0.6) is 5.75 Å². The van der Waals surface area contributed by atoms with Crippen LogP contribution in [0.1, 0.15) is 13.3 Å². The topological polar surface area (TPSA) is 46.5 Å². The molecular weight excluding hydrogens is 295 g/mol. The van der Waals surface area contributed by atoms with Crippen LogP contribution in [-0.2, 0) is 4.79 Å². The van der Waals surface area contributed by atoms with E-state index in [0.717, 1.165) is 3.57 Å². The first-order chi connectivity index (χ1) is 6.58. The quantitative estimate of drug-likeness (QED) is 0.870. The Kier molecular flexibility index (Phi) is 4.19. The maximum atomic E-state index is 10.4. The highest BCUT2D eigenvalue weighted by Crippen LogP contribution is 2.15. The molecule has 0 saturated heterocycles. The molecule has 1 aromatic carbocycles. The molecule has 4 heteroatoms. The Morgan fingerprint density at radius 2 is 2.07 bits per heavy atom. The molecular formula is C10H11IO3. The van der Waals surface area contributed by atoms with Gasteiger partial charge < -0.3 is 9.84 Å². The first-order valence-corrected chi connectivity index (χ1v) is 5.30. The summed E-state index contributed by atoms with van der Waals surface area (Å²) in [7, 11) is 0. The van der Waals surface area contributed by atoms with Crippen molar-refractivity contribution in [2.24, 2.45) is 0 Å². The van der Waals surface area contributed by atoms with Crippen molar-refractivity contribution in [1.82, 2.24) is 0 Å². The molecule has 0 aliphatic carbocycles. The van der Waals surface area contributed by atoms with Gasteiger partial charge in [0.1, 0.15) is 11.9 Å². The van der Waals surface area contributed by atoms with Crippen LogP contribution < -0.4 is 4.74 Å². The predicted molar refractivity (Wildman–Crippen MR) is 61.5 cm³/mol. The molecule has 0 spiro atoms. The van der Waals surface area contributed by atoms with Gasteiger partial charge in [-0.1, -0.05) is 0 Å². The fourth-order valence-corrected chi connectivity index (χ4v) is 1.39. The Labute approximate surface area is 96.2 Å². The molecule has 1 unspecified atom stereocenters. The number of aliphatic carboxylic acids is 1. The molecule has 0 fully saturated rings. The number of rotatable bonds is 4. The van der Waals surface area contributed by atoms with Crippen molar-refractivity contribution in [2.45, 2.75) is 19.4 Å². The van der Waals surface area contributed by atoms with Gasteiger partial charge >= 0.3 is 5.97 Å². The van der Waals surface area contributed by atoms with Crippen LogP contribution in [0.15, 0.2) is 24.3 Å². The van der Waals surface area contributed by atoms with E-state index < -0.39 is 5.97 Å². The molecule has 0 aliphatic rings. The van der Waals surface area contributed by atoms with E-state index in [9.17, 15) is 4.79 Å². The van der Waals surface area contributed by atoms with Gasteiger partial charge in [0.05, 0.1) is 6.42 Å². The second kappa shape index (κ2) is 5.19. The molecule has 0 saturated carbocycles. The summed E-state index contributed by atoms with van der Waals surface area (Å²) in [6, 6.07) is 7.51. The second-order valence-corrected chi connectivity index (χ2v) is 4.23. The summed E-state index contributed by atoms with van der Waals surface area (Å²) in [5.41, 5.74) is 0. The lowest BCUT2D eigenvalue weighted by Crippen LogP contribution is -2.16. The maximum absolute atomic E-state index is 10.4. The van der Waals surface area contributed by atoms with Crippen molar-refractivity contribution in [2.75, 3.05) is 0 Å². The minimum absolute atomic E-state index is 0.0198. The van der Waals surface area contributed by atoms with Crippen molar-refractivity contribution in [3.05, 3.63) is 27.8 Å². The van der Waals surface area contributed by atoms with E-state index in [-0.39, 0.29) is 12.5 Å². The fraction of sp³-hybridized carbons (Fsp3) is 0.300. The number of halogens is 1. The number of hydrogen-bond acceptors (Lipinski definition) is 2. The van der Waals surface area contributed by atoms with E-state index in [2.05, 4.69) is 22.6 Å². The molecule has 0 bridgehead atoms. The Morgan fingerprint density at radius 3 is 2.57 bits per heavy atom. The largest absolute Gasteiger partial charge is 0.490 e. The molecule has 0 heterocycles. The normalized spacial score (nSPS) is 12.1. The third kappa shape index (κ3) is 3.95. The number of carboxylic acids is 1. The summed E-state index contributed by atoms with van der Waals surface area (Å²) in [6.07, 6.45) is -0.279. The minimum atomic E-state index is -0.844. The summed E-state index contributed by atoms with van der Waals surface area (Å²) in [5, 5.41) is 8.52. The zero-order chi connectivity index (χ0) is 10.6. The Balaban J connectivity index is 2.51. The van der Waals surface area contributed by atoms with E-state index in [4.69, 9.17) is 9.84 Å². The van der Waals surface area contributed by atoms with Gasteiger partial charge in [0, 0.05) is 3.57 Å². The zero-order valence-corrected chi connectivity index (χ0v) is 9.89. The molecule has 1 atom stereocenters. The highest BCUT2D eigenvalue weighted by atomic mass is 127. The standard InChI is InChI=1S/C10H11IO3/c1-7(6-10(12)13)14-9-4-2-8(11)3-5-9/h2-5,7H,6H2,1H3,(H,12,13). The smallest absolute Gasteiger partial charge is 0.307 e. The lowest BCUT2D eigenvalue weighted by atomic mass is 10.3. The third-order valence-electron chi connectivity index (χ3n) is 1.61.